The molecule has 6 rings (SSSR count). The summed E-state index contributed by atoms with van der Waals surface area (Å²) in [6.45, 7) is 6.42. The van der Waals surface area contributed by atoms with Crippen molar-refractivity contribution in [3.8, 4) is 0 Å². The average Bonchev–Trinajstić information content (AvgIpc) is 2.80. The van der Waals surface area contributed by atoms with Gasteiger partial charge in [-0.15, -0.1) is 0 Å². The van der Waals surface area contributed by atoms with Crippen LogP contribution in [0, 0.1) is 34.0 Å². The number of esters is 2. The van der Waals surface area contributed by atoms with E-state index in [1.807, 2.05) is 0 Å². The van der Waals surface area contributed by atoms with Crippen molar-refractivity contribution in [2.24, 2.45) is 34.0 Å². The van der Waals surface area contributed by atoms with Crippen LogP contribution in [0.5, 0.6) is 0 Å². The van der Waals surface area contributed by atoms with Crippen molar-refractivity contribution >= 4 is 11.9 Å². The Balaban J connectivity index is 1.72. The highest BCUT2D eigenvalue weighted by Gasteiger charge is 2.89. The van der Waals surface area contributed by atoms with Crippen LogP contribution in [0.15, 0.2) is 0 Å². The Hall–Kier alpha value is -1.26. The van der Waals surface area contributed by atoms with Crippen LogP contribution in [0.1, 0.15) is 59.8 Å². The highest BCUT2D eigenvalue weighted by molar-refractivity contribution is 5.66. The van der Waals surface area contributed by atoms with Gasteiger partial charge in [-0.05, 0) is 37.0 Å². The first kappa shape index (κ1) is 23.5. The molecule has 0 amide bonds. The van der Waals surface area contributed by atoms with Gasteiger partial charge in [0.25, 0.3) is 0 Å². The molecule has 4 bridgehead atoms. The topological polar surface area (TPSA) is 143 Å². The Morgan fingerprint density at radius 3 is 2.39 bits per heavy atom. The first-order valence-corrected chi connectivity index (χ1v) is 12.0. The third-order valence-electron chi connectivity index (χ3n) is 10.1. The maximum Gasteiger partial charge on any atom is 0.303 e. The van der Waals surface area contributed by atoms with Crippen molar-refractivity contribution in [2.75, 3.05) is 13.2 Å². The van der Waals surface area contributed by atoms with Crippen LogP contribution in [0.2, 0.25) is 0 Å². The lowest BCUT2D eigenvalue weighted by atomic mass is 9.36. The molecule has 6 fully saturated rings. The van der Waals surface area contributed by atoms with E-state index in [2.05, 4.69) is 13.8 Å². The molecule has 4 saturated carbocycles. The van der Waals surface area contributed by atoms with Gasteiger partial charge in [0.1, 0.15) is 18.3 Å². The molecule has 2 aliphatic heterocycles. The number of hydrogen-bond donors (Lipinski definition) is 4. The van der Waals surface area contributed by atoms with Gasteiger partial charge in [-0.25, -0.2) is 0 Å². The van der Waals surface area contributed by atoms with Gasteiger partial charge in [0.05, 0.1) is 18.1 Å². The third-order valence-corrected chi connectivity index (χ3v) is 10.1. The van der Waals surface area contributed by atoms with Crippen molar-refractivity contribution in [1.29, 1.82) is 0 Å². The van der Waals surface area contributed by atoms with Gasteiger partial charge in [0.2, 0.25) is 5.79 Å². The summed E-state index contributed by atoms with van der Waals surface area (Å²) in [4.78, 5) is 23.7. The molecule has 4 aliphatic carbocycles. The molecule has 2 spiro atoms. The Morgan fingerprint density at radius 2 is 1.76 bits per heavy atom. The second kappa shape index (κ2) is 6.91. The zero-order chi connectivity index (χ0) is 24.2. The lowest BCUT2D eigenvalue weighted by Gasteiger charge is -2.75. The molecule has 2 saturated heterocycles. The van der Waals surface area contributed by atoms with Gasteiger partial charge < -0.3 is 34.6 Å². The van der Waals surface area contributed by atoms with Crippen LogP contribution in [0.4, 0.5) is 0 Å². The van der Waals surface area contributed by atoms with Crippen molar-refractivity contribution in [3.63, 3.8) is 0 Å². The fourth-order valence-corrected chi connectivity index (χ4v) is 9.18. The van der Waals surface area contributed by atoms with Crippen molar-refractivity contribution in [3.05, 3.63) is 0 Å². The standard InChI is InChI=1S/C24H36O9/c1-12(25)31-11-22(29)14-6-7-15-21-9-5-8-20(3,4)16(21)18(33-13(2)26)24(30,32-10-21)23(15,17(14)27)19(22)28/h14-19,27-30H,5-11H2,1-4H3/t14-,15+,16+,17-,18+,19-,21-,22+,23-,24-/m1/s1. The minimum absolute atomic E-state index is 0.230. The van der Waals surface area contributed by atoms with Crippen molar-refractivity contribution < 1.29 is 44.2 Å². The van der Waals surface area contributed by atoms with Gasteiger partial charge >= 0.3 is 11.9 Å². The summed E-state index contributed by atoms with van der Waals surface area (Å²) in [5, 5.41) is 47.4. The van der Waals surface area contributed by atoms with E-state index >= 15 is 0 Å². The van der Waals surface area contributed by atoms with Crippen LogP contribution in [-0.2, 0) is 23.8 Å². The molecule has 10 atom stereocenters. The zero-order valence-electron chi connectivity index (χ0n) is 19.7. The van der Waals surface area contributed by atoms with Crippen LogP contribution in [-0.4, -0.2) is 75.3 Å². The van der Waals surface area contributed by atoms with Crippen molar-refractivity contribution in [2.45, 2.75) is 89.5 Å². The molecule has 0 radical (unpaired) electrons. The summed E-state index contributed by atoms with van der Waals surface area (Å²) >= 11 is 0. The fourth-order valence-electron chi connectivity index (χ4n) is 9.18. The first-order chi connectivity index (χ1) is 15.3. The minimum atomic E-state index is -2.21. The van der Waals surface area contributed by atoms with Crippen LogP contribution in [0.3, 0.4) is 0 Å². The normalized spacial score (nSPS) is 53.7. The van der Waals surface area contributed by atoms with E-state index in [4.69, 9.17) is 14.2 Å². The Kier molecular flexibility index (Phi) is 4.91. The number of ether oxygens (including phenoxy) is 3. The van der Waals surface area contributed by atoms with E-state index in [1.165, 1.54) is 13.8 Å². The van der Waals surface area contributed by atoms with E-state index in [0.717, 1.165) is 19.3 Å². The number of aliphatic hydroxyl groups is 4. The predicted octanol–water partition coefficient (Wildman–Crippen LogP) is 0.505. The van der Waals surface area contributed by atoms with Crippen LogP contribution < -0.4 is 0 Å². The highest BCUT2D eigenvalue weighted by atomic mass is 16.7. The molecular formula is C24H36O9. The number of fused-ring (bicyclic) bond motifs is 2. The summed E-state index contributed by atoms with van der Waals surface area (Å²) in [7, 11) is 0. The van der Waals surface area contributed by atoms with E-state index in [1.54, 1.807) is 0 Å². The second-order valence-corrected chi connectivity index (χ2v) is 11.9. The summed E-state index contributed by atoms with van der Waals surface area (Å²) in [6.07, 6.45) is -0.601. The Bertz CT molecular complexity index is 874. The quantitative estimate of drug-likeness (QED) is 0.436. The number of rotatable bonds is 3. The Morgan fingerprint density at radius 1 is 1.06 bits per heavy atom. The highest BCUT2D eigenvalue weighted by Crippen LogP contribution is 2.78. The number of carbonyl (C=O) groups is 2. The Labute approximate surface area is 193 Å². The van der Waals surface area contributed by atoms with Gasteiger partial charge in [-0.3, -0.25) is 9.59 Å². The van der Waals surface area contributed by atoms with E-state index < -0.39 is 65.0 Å². The van der Waals surface area contributed by atoms with E-state index in [9.17, 15) is 30.0 Å². The van der Waals surface area contributed by atoms with Gasteiger partial charge in [-0.2, -0.15) is 0 Å². The molecule has 2 heterocycles. The number of hydrogen-bond acceptors (Lipinski definition) is 9. The maximum atomic E-state index is 12.3. The van der Waals surface area contributed by atoms with Gasteiger partial charge in [0.15, 0.2) is 6.10 Å². The first-order valence-electron chi connectivity index (χ1n) is 12.0. The molecular weight excluding hydrogens is 432 g/mol. The van der Waals surface area contributed by atoms with Crippen LogP contribution >= 0.6 is 0 Å². The largest absolute Gasteiger partial charge is 0.463 e. The molecule has 9 heteroatoms. The van der Waals surface area contributed by atoms with E-state index in [0.29, 0.717) is 12.8 Å². The zero-order valence-corrected chi connectivity index (χ0v) is 19.7. The summed E-state index contributed by atoms with van der Waals surface area (Å²) in [6, 6.07) is 0. The molecule has 33 heavy (non-hydrogen) atoms. The molecule has 0 unspecified atom stereocenters. The SMILES string of the molecule is CC(=O)OC[C@]1(O)[C@@H]2CC[C@H]3[C@]45CCCC(C)(C)[C@@H]4[C@H](OC(C)=O)[C@@](O)(OC5)[C@]3([C@@H]2O)[C@@H]1O. The molecule has 0 aromatic rings. The number of aliphatic hydroxyl groups excluding tert-OH is 2. The van der Waals surface area contributed by atoms with Crippen LogP contribution in [0.25, 0.3) is 0 Å². The van der Waals surface area contributed by atoms with Crippen molar-refractivity contribution in [1.82, 2.24) is 0 Å². The van der Waals surface area contributed by atoms with E-state index in [-0.39, 0.29) is 23.9 Å². The smallest absolute Gasteiger partial charge is 0.303 e. The molecule has 9 nitrogen and oxygen atoms in total. The third kappa shape index (κ3) is 2.55. The number of carbonyl (C=O) groups excluding carboxylic acids is 2. The molecule has 186 valence electrons. The van der Waals surface area contributed by atoms with Gasteiger partial charge in [0, 0.05) is 31.1 Å². The summed E-state index contributed by atoms with van der Waals surface area (Å²) in [5.41, 5.74) is -4.48. The fraction of sp³-hybridized carbons (Fsp3) is 0.917. The molecule has 6 aliphatic rings. The molecule has 0 aromatic heterocycles. The lowest BCUT2D eigenvalue weighted by Crippen LogP contribution is -2.84. The summed E-state index contributed by atoms with van der Waals surface area (Å²) < 4.78 is 17.0. The minimum Gasteiger partial charge on any atom is -0.463 e. The molecule has 4 N–H and O–H groups in total. The summed E-state index contributed by atoms with van der Waals surface area (Å²) in [5.74, 6) is -4.85. The van der Waals surface area contributed by atoms with Gasteiger partial charge in [-0.1, -0.05) is 20.3 Å². The predicted molar refractivity (Wildman–Crippen MR) is 112 cm³/mol. The maximum absolute atomic E-state index is 12.3. The monoisotopic (exact) mass is 468 g/mol. The molecule has 0 aromatic carbocycles. The average molecular weight is 469 g/mol. The lowest BCUT2D eigenvalue weighted by molar-refractivity contribution is -0.469. The second-order valence-electron chi connectivity index (χ2n) is 11.9.